The minimum atomic E-state index is -0.297. The molecule has 0 radical (unpaired) electrons. The number of amides is 1. The van der Waals surface area contributed by atoms with Gasteiger partial charge in [0.2, 0.25) is 5.91 Å². The van der Waals surface area contributed by atoms with Crippen molar-refractivity contribution in [3.8, 4) is 0 Å². The molecule has 1 heterocycles. The maximum Gasteiger partial charge on any atom is 0.223 e. The highest BCUT2D eigenvalue weighted by molar-refractivity contribution is 5.75. The molecule has 100 valence electrons. The summed E-state index contributed by atoms with van der Waals surface area (Å²) in [6.07, 6.45) is 3.69. The Bertz CT molecular complexity index is 244. The van der Waals surface area contributed by atoms with Crippen molar-refractivity contribution in [2.24, 2.45) is 0 Å². The van der Waals surface area contributed by atoms with E-state index in [2.05, 4.69) is 4.90 Å². The maximum absolute atomic E-state index is 11.7. The third kappa shape index (κ3) is 4.28. The van der Waals surface area contributed by atoms with Gasteiger partial charge < -0.3 is 10.0 Å². The van der Waals surface area contributed by atoms with Crippen molar-refractivity contribution in [2.75, 3.05) is 26.7 Å². The molecule has 1 aliphatic rings. The third-order valence-corrected chi connectivity index (χ3v) is 3.73. The molecule has 0 spiro atoms. The van der Waals surface area contributed by atoms with Crippen molar-refractivity contribution in [1.29, 1.82) is 0 Å². The number of nitrogens with zero attached hydrogens (tertiary/aromatic N) is 2. The summed E-state index contributed by atoms with van der Waals surface area (Å²) in [6, 6.07) is 0.239. The first-order valence-electron chi connectivity index (χ1n) is 6.72. The molecule has 0 bridgehead atoms. The summed E-state index contributed by atoms with van der Waals surface area (Å²) in [6.45, 7) is 6.39. The number of hydrogen-bond donors (Lipinski definition) is 1. The van der Waals surface area contributed by atoms with Crippen molar-refractivity contribution in [2.45, 2.75) is 51.7 Å². The van der Waals surface area contributed by atoms with Crippen LogP contribution in [0.5, 0.6) is 0 Å². The predicted octanol–water partition coefficient (Wildman–Crippen LogP) is 1.09. The van der Waals surface area contributed by atoms with Gasteiger partial charge in [-0.3, -0.25) is 9.69 Å². The van der Waals surface area contributed by atoms with Gasteiger partial charge in [-0.1, -0.05) is 6.42 Å². The molecular weight excluding hydrogens is 216 g/mol. The van der Waals surface area contributed by atoms with E-state index in [1.165, 1.54) is 12.8 Å². The van der Waals surface area contributed by atoms with Gasteiger partial charge in [0.15, 0.2) is 0 Å². The van der Waals surface area contributed by atoms with Gasteiger partial charge in [-0.2, -0.15) is 0 Å². The Morgan fingerprint density at radius 3 is 2.82 bits per heavy atom. The number of hydrogen-bond acceptors (Lipinski definition) is 3. The first kappa shape index (κ1) is 14.5. The molecular formula is C13H26N2O2. The van der Waals surface area contributed by atoms with E-state index in [9.17, 15) is 9.90 Å². The molecule has 0 aliphatic carbocycles. The lowest BCUT2D eigenvalue weighted by Gasteiger charge is -2.37. The lowest BCUT2D eigenvalue weighted by atomic mass is 9.98. The van der Waals surface area contributed by atoms with E-state index in [1.807, 2.05) is 20.9 Å². The van der Waals surface area contributed by atoms with E-state index in [1.54, 1.807) is 4.90 Å². The van der Waals surface area contributed by atoms with E-state index in [4.69, 9.17) is 0 Å². The van der Waals surface area contributed by atoms with Crippen LogP contribution >= 0.6 is 0 Å². The molecule has 1 rings (SSSR count). The Labute approximate surface area is 105 Å². The Hall–Kier alpha value is -0.610. The van der Waals surface area contributed by atoms with Gasteiger partial charge in [0.05, 0.1) is 6.10 Å². The van der Waals surface area contributed by atoms with Crippen molar-refractivity contribution in [3.63, 3.8) is 0 Å². The van der Waals surface area contributed by atoms with Crippen molar-refractivity contribution < 1.29 is 9.90 Å². The highest BCUT2D eigenvalue weighted by atomic mass is 16.3. The van der Waals surface area contributed by atoms with Gasteiger partial charge in [-0.15, -0.1) is 0 Å². The molecule has 1 fully saturated rings. The van der Waals surface area contributed by atoms with Crippen LogP contribution < -0.4 is 0 Å². The average Bonchev–Trinajstić information content (AvgIpc) is 2.35. The zero-order valence-electron chi connectivity index (χ0n) is 11.4. The van der Waals surface area contributed by atoms with Crippen molar-refractivity contribution >= 4 is 5.91 Å². The Balaban J connectivity index is 2.40. The van der Waals surface area contributed by atoms with Crippen LogP contribution in [0, 0.1) is 0 Å². The number of carbonyl (C=O) groups excluding carboxylic acids is 1. The van der Waals surface area contributed by atoms with Crippen LogP contribution in [0.2, 0.25) is 0 Å². The first-order valence-corrected chi connectivity index (χ1v) is 6.72. The van der Waals surface area contributed by atoms with Crippen LogP contribution in [0.15, 0.2) is 0 Å². The molecule has 4 heteroatoms. The van der Waals surface area contributed by atoms with Crippen LogP contribution in [0.3, 0.4) is 0 Å². The summed E-state index contributed by atoms with van der Waals surface area (Å²) in [4.78, 5) is 15.8. The monoisotopic (exact) mass is 242 g/mol. The van der Waals surface area contributed by atoms with Crippen LogP contribution in [-0.4, -0.2) is 59.6 Å². The maximum atomic E-state index is 11.7. The summed E-state index contributed by atoms with van der Waals surface area (Å²) >= 11 is 0. The van der Waals surface area contributed by atoms with E-state index in [0.717, 1.165) is 26.1 Å². The van der Waals surface area contributed by atoms with E-state index < -0.39 is 0 Å². The Morgan fingerprint density at radius 2 is 2.24 bits per heavy atom. The second-order valence-electron chi connectivity index (χ2n) is 5.00. The molecule has 17 heavy (non-hydrogen) atoms. The first-order chi connectivity index (χ1) is 8.06. The fourth-order valence-electron chi connectivity index (χ4n) is 2.45. The number of likely N-dealkylation sites (tertiary alicyclic amines) is 1. The van der Waals surface area contributed by atoms with Crippen LogP contribution in [-0.2, 0) is 4.79 Å². The molecule has 0 saturated carbocycles. The number of piperidine rings is 1. The van der Waals surface area contributed by atoms with E-state index >= 15 is 0 Å². The molecule has 4 nitrogen and oxygen atoms in total. The number of rotatable bonds is 5. The lowest BCUT2D eigenvalue weighted by Crippen LogP contribution is -2.47. The summed E-state index contributed by atoms with van der Waals surface area (Å²) in [5, 5.41) is 9.73. The van der Waals surface area contributed by atoms with Crippen LogP contribution in [0.1, 0.15) is 39.5 Å². The van der Waals surface area contributed by atoms with Gasteiger partial charge in [0.1, 0.15) is 0 Å². The molecule has 2 atom stereocenters. The summed E-state index contributed by atoms with van der Waals surface area (Å²) < 4.78 is 0. The Kier molecular flexibility index (Phi) is 5.92. The SMILES string of the molecule is CCN(C)C(=O)CCN1CCCCC1C(C)O. The quantitative estimate of drug-likeness (QED) is 0.785. The minimum Gasteiger partial charge on any atom is -0.392 e. The highest BCUT2D eigenvalue weighted by Gasteiger charge is 2.26. The highest BCUT2D eigenvalue weighted by Crippen LogP contribution is 2.19. The molecule has 1 saturated heterocycles. The van der Waals surface area contributed by atoms with Gasteiger partial charge in [0, 0.05) is 32.6 Å². The second-order valence-corrected chi connectivity index (χ2v) is 5.00. The largest absolute Gasteiger partial charge is 0.392 e. The van der Waals surface area contributed by atoms with Gasteiger partial charge in [-0.25, -0.2) is 0 Å². The topological polar surface area (TPSA) is 43.8 Å². The number of aliphatic hydroxyl groups excluding tert-OH is 1. The van der Waals surface area contributed by atoms with Gasteiger partial charge in [0.25, 0.3) is 0 Å². The van der Waals surface area contributed by atoms with Gasteiger partial charge in [-0.05, 0) is 33.2 Å². The normalized spacial score (nSPS) is 23.4. The zero-order valence-corrected chi connectivity index (χ0v) is 11.4. The standard InChI is InChI=1S/C13H26N2O2/c1-4-14(3)13(17)8-10-15-9-6-5-7-12(15)11(2)16/h11-12,16H,4-10H2,1-3H3. The Morgan fingerprint density at radius 1 is 1.53 bits per heavy atom. The molecule has 0 aromatic rings. The molecule has 0 aromatic heterocycles. The summed E-state index contributed by atoms with van der Waals surface area (Å²) in [7, 11) is 1.84. The number of aliphatic hydroxyl groups is 1. The summed E-state index contributed by atoms with van der Waals surface area (Å²) in [5.74, 6) is 0.197. The average molecular weight is 242 g/mol. The third-order valence-electron chi connectivity index (χ3n) is 3.73. The van der Waals surface area contributed by atoms with Crippen LogP contribution in [0.4, 0.5) is 0 Å². The zero-order chi connectivity index (χ0) is 12.8. The minimum absolute atomic E-state index is 0.197. The molecule has 0 aromatic carbocycles. The fourth-order valence-corrected chi connectivity index (χ4v) is 2.45. The lowest BCUT2D eigenvalue weighted by molar-refractivity contribution is -0.130. The fraction of sp³-hybridized carbons (Fsp3) is 0.923. The number of carbonyl (C=O) groups is 1. The van der Waals surface area contributed by atoms with E-state index in [0.29, 0.717) is 6.42 Å². The van der Waals surface area contributed by atoms with Crippen molar-refractivity contribution in [3.05, 3.63) is 0 Å². The molecule has 1 N–H and O–H groups in total. The molecule has 1 amide bonds. The predicted molar refractivity (Wildman–Crippen MR) is 68.8 cm³/mol. The summed E-state index contributed by atoms with van der Waals surface area (Å²) in [5.41, 5.74) is 0. The van der Waals surface area contributed by atoms with Crippen molar-refractivity contribution in [1.82, 2.24) is 9.80 Å². The van der Waals surface area contributed by atoms with Gasteiger partial charge >= 0.3 is 0 Å². The molecule has 2 unspecified atom stereocenters. The smallest absolute Gasteiger partial charge is 0.223 e. The molecule has 1 aliphatic heterocycles. The second kappa shape index (κ2) is 6.97. The van der Waals surface area contributed by atoms with Crippen LogP contribution in [0.25, 0.3) is 0 Å². The van der Waals surface area contributed by atoms with E-state index in [-0.39, 0.29) is 18.1 Å².